The molecule has 0 fully saturated rings. The van der Waals surface area contributed by atoms with Crippen molar-refractivity contribution in [1.29, 1.82) is 0 Å². The summed E-state index contributed by atoms with van der Waals surface area (Å²) in [6.07, 6.45) is 0. The smallest absolute Gasteiger partial charge is 0.396 e. The van der Waals surface area contributed by atoms with Crippen molar-refractivity contribution in [2.75, 3.05) is 0 Å². The molecule has 0 saturated heterocycles. The van der Waals surface area contributed by atoms with Gasteiger partial charge >= 0.3 is 21.1 Å². The van der Waals surface area contributed by atoms with Gasteiger partial charge in [-0.1, -0.05) is 0 Å². The van der Waals surface area contributed by atoms with E-state index in [1.54, 1.807) is 0 Å². The Morgan fingerprint density at radius 1 is 1.14 bits per heavy atom. The second-order valence-electron chi connectivity index (χ2n) is 0.201. The topological polar surface area (TPSA) is 66.3 Å². The van der Waals surface area contributed by atoms with Crippen LogP contribution in [-0.2, 0) is 54.6 Å². The van der Waals surface area contributed by atoms with Crippen LogP contribution in [0.25, 0.3) is 0 Å². The van der Waals surface area contributed by atoms with E-state index in [4.69, 9.17) is 10.3 Å². The molecule has 0 bridgehead atoms. The largest absolute Gasteiger partial charge is 0.503 e. The molecular formula is H2Cd2I2O3. The van der Waals surface area contributed by atoms with Gasteiger partial charge in [-0.15, -0.1) is 24.0 Å². The normalized spacial score (nSPS) is 5.14. The molecule has 0 atom stereocenters. The van der Waals surface area contributed by atoms with Crippen LogP contribution in [-0.4, -0.2) is 3.44 Å². The van der Waals surface area contributed by atoms with Gasteiger partial charge in [-0.3, -0.25) is 0 Å². The van der Waals surface area contributed by atoms with Crippen molar-refractivity contribution in [1.82, 2.24) is 0 Å². The minimum Gasteiger partial charge on any atom is -0.396 e. The second-order valence-corrected chi connectivity index (χ2v) is 1.35. The molecule has 7 heteroatoms. The van der Waals surface area contributed by atoms with Crippen LogP contribution >= 0.6 is 24.0 Å². The number of halogens is 2. The predicted molar refractivity (Wildman–Crippen MR) is 17.6 cm³/mol. The summed E-state index contributed by atoms with van der Waals surface area (Å²) in [6, 6.07) is 0. The average Bonchev–Trinajstić information content (AvgIpc) is 0.811. The summed E-state index contributed by atoms with van der Waals surface area (Å²) >= 11 is -3.76. The van der Waals surface area contributed by atoms with E-state index >= 15 is 0 Å². The van der Waals surface area contributed by atoms with Crippen molar-refractivity contribution in [3.63, 3.8) is 0 Å². The van der Waals surface area contributed by atoms with Gasteiger partial charge in [0.15, 0.2) is 0 Å². The Morgan fingerprint density at radius 3 is 1.14 bits per heavy atom. The van der Waals surface area contributed by atoms with Crippen molar-refractivity contribution in [2.24, 2.45) is 0 Å². The minimum absolute atomic E-state index is 0. The number of hydrogen-bond acceptors (Lipinski definition) is 3. The first-order chi connectivity index (χ1) is 1.73. The standard InChI is InChI=1S/2Cd.HIO3.HI/c;;2-1(3)4;/h;;2H;1H. The van der Waals surface area contributed by atoms with Crippen LogP contribution < -0.4 is 27.9 Å². The first-order valence-electron chi connectivity index (χ1n) is 0.478. The number of rotatable bonds is 0. The minimum atomic E-state index is -3.76. The summed E-state index contributed by atoms with van der Waals surface area (Å²) in [5.74, 6) is 0. The SMILES string of the molecule is I.[Cd].[Cd].[O-][I+2]([O-])O. The monoisotopic (exact) mass is 532 g/mol. The third kappa shape index (κ3) is 46.8. The fourth-order valence-electron chi connectivity index (χ4n) is 0. The molecule has 0 rings (SSSR count). The maximum absolute atomic E-state index is 8.68. The third-order valence-corrected chi connectivity index (χ3v) is 0. The van der Waals surface area contributed by atoms with Gasteiger partial charge in [-0.2, -0.15) is 0 Å². The van der Waals surface area contributed by atoms with Crippen molar-refractivity contribution in [3.8, 4) is 0 Å². The molecule has 0 radical (unpaired) electrons. The molecule has 0 amide bonds. The maximum atomic E-state index is 8.68. The van der Waals surface area contributed by atoms with Gasteiger partial charge in [-0.05, 0) is 3.44 Å². The Balaban J connectivity index is -0.0000000150. The Kier molecular flexibility index (Phi) is 51.6. The molecular weight excluding hydrogens is 527 g/mol. The Labute approximate surface area is 108 Å². The predicted octanol–water partition coefficient (Wildman–Crippen LogP) is -5.32. The molecule has 0 aromatic rings. The van der Waals surface area contributed by atoms with Crippen LogP contribution in [0.5, 0.6) is 0 Å². The second kappa shape index (κ2) is 16.1. The van der Waals surface area contributed by atoms with E-state index in [0.29, 0.717) is 0 Å². The van der Waals surface area contributed by atoms with E-state index in [-0.39, 0.29) is 78.6 Å². The Morgan fingerprint density at radius 2 is 1.14 bits per heavy atom. The Hall–Kier alpha value is 3.18. The van der Waals surface area contributed by atoms with Gasteiger partial charge in [0.25, 0.3) is 0 Å². The molecule has 1 N–H and O–H groups in total. The molecule has 0 saturated carbocycles. The van der Waals surface area contributed by atoms with Gasteiger partial charge < -0.3 is 6.87 Å². The van der Waals surface area contributed by atoms with Crippen LogP contribution in [0, 0.1) is 0 Å². The van der Waals surface area contributed by atoms with E-state index in [1.807, 2.05) is 0 Å². The fraction of sp³-hybridized carbons (Fsp3) is 0. The van der Waals surface area contributed by atoms with Crippen LogP contribution in [0.3, 0.4) is 0 Å². The molecule has 0 aromatic carbocycles. The molecule has 7 heavy (non-hydrogen) atoms. The Bertz CT molecular complexity index is 15.7. The summed E-state index contributed by atoms with van der Waals surface area (Å²) in [7, 11) is 0. The first kappa shape index (κ1) is 22.5. The average molecular weight is 529 g/mol. The molecule has 0 aromatic heterocycles. The van der Waals surface area contributed by atoms with Crippen LogP contribution in [0.4, 0.5) is 0 Å². The van der Waals surface area contributed by atoms with Crippen LogP contribution in [0.1, 0.15) is 0 Å². The quantitative estimate of drug-likeness (QED) is 0.253. The van der Waals surface area contributed by atoms with E-state index < -0.39 is 21.1 Å². The summed E-state index contributed by atoms with van der Waals surface area (Å²) in [5.41, 5.74) is 0. The third-order valence-electron chi connectivity index (χ3n) is 0. The van der Waals surface area contributed by atoms with E-state index in [2.05, 4.69) is 0 Å². The van der Waals surface area contributed by atoms with Crippen molar-refractivity contribution in [2.45, 2.75) is 0 Å². The maximum Gasteiger partial charge on any atom is 0.503 e. The van der Waals surface area contributed by atoms with Crippen molar-refractivity contribution in [3.05, 3.63) is 0 Å². The molecule has 0 aliphatic carbocycles. The first-order valence-corrected chi connectivity index (χ1v) is 3.20. The van der Waals surface area contributed by atoms with Crippen LogP contribution in [0.2, 0.25) is 0 Å². The molecule has 0 aliphatic rings. The van der Waals surface area contributed by atoms with Crippen molar-refractivity contribution < 1.29 is 86.0 Å². The molecule has 0 heterocycles. The summed E-state index contributed by atoms with van der Waals surface area (Å²) in [4.78, 5) is 0. The molecule has 0 spiro atoms. The molecule has 0 unspecified atom stereocenters. The zero-order chi connectivity index (χ0) is 3.58. The molecule has 3 nitrogen and oxygen atoms in total. The summed E-state index contributed by atoms with van der Waals surface area (Å²) < 4.78 is 24.5. The molecule has 0 aliphatic heterocycles. The van der Waals surface area contributed by atoms with E-state index in [1.165, 1.54) is 0 Å². The fourth-order valence-corrected chi connectivity index (χ4v) is 0. The van der Waals surface area contributed by atoms with Gasteiger partial charge in [0.2, 0.25) is 0 Å². The van der Waals surface area contributed by atoms with E-state index in [0.717, 1.165) is 0 Å². The van der Waals surface area contributed by atoms with Gasteiger partial charge in [-0.25, -0.2) is 0 Å². The zero-order valence-corrected chi connectivity index (χ0v) is 16.0. The van der Waals surface area contributed by atoms with Crippen molar-refractivity contribution >= 4 is 24.0 Å². The number of hydrogen-bond donors (Lipinski definition) is 1. The zero-order valence-electron chi connectivity index (χ0n) is 3.46. The summed E-state index contributed by atoms with van der Waals surface area (Å²) in [5, 5.41) is 0. The van der Waals surface area contributed by atoms with E-state index in [9.17, 15) is 0 Å². The van der Waals surface area contributed by atoms with Gasteiger partial charge in [0, 0.05) is 54.6 Å². The van der Waals surface area contributed by atoms with Gasteiger partial charge in [0.05, 0.1) is 0 Å². The summed E-state index contributed by atoms with van der Waals surface area (Å²) in [6.45, 7) is 0. The van der Waals surface area contributed by atoms with Crippen LogP contribution in [0.15, 0.2) is 0 Å². The van der Waals surface area contributed by atoms with Gasteiger partial charge in [0.1, 0.15) is 0 Å². The molecule has 38 valence electrons.